The average Bonchev–Trinajstić information content (AvgIpc) is 2.72. The molecule has 5 heteroatoms. The largest absolute Gasteiger partial charge is 0.399 e. The van der Waals surface area contributed by atoms with Crippen LogP contribution < -0.4 is 16.4 Å². The molecular weight excluding hydrogens is 230 g/mol. The zero-order valence-corrected chi connectivity index (χ0v) is 10.3. The lowest BCUT2D eigenvalue weighted by atomic mass is 10.1. The van der Waals surface area contributed by atoms with Crippen LogP contribution in [0.15, 0.2) is 18.2 Å². The van der Waals surface area contributed by atoms with Crippen molar-refractivity contribution in [1.82, 2.24) is 10.6 Å². The van der Waals surface area contributed by atoms with Crippen molar-refractivity contribution in [2.45, 2.75) is 25.8 Å². The lowest BCUT2D eigenvalue weighted by Gasteiger charge is -2.12. The van der Waals surface area contributed by atoms with Crippen LogP contribution in [0.5, 0.6) is 0 Å². The summed E-state index contributed by atoms with van der Waals surface area (Å²) in [5, 5.41) is 5.64. The molecule has 0 saturated carbocycles. The molecule has 1 fully saturated rings. The molecule has 1 heterocycles. The maximum atomic E-state index is 12.0. The number of anilines is 1. The Morgan fingerprint density at radius 3 is 2.94 bits per heavy atom. The van der Waals surface area contributed by atoms with Crippen molar-refractivity contribution in [3.63, 3.8) is 0 Å². The normalized spacial score (nSPS) is 18.5. The van der Waals surface area contributed by atoms with Crippen LogP contribution in [0.25, 0.3) is 0 Å². The highest BCUT2D eigenvalue weighted by Gasteiger charge is 2.21. The van der Waals surface area contributed by atoms with Gasteiger partial charge in [0.2, 0.25) is 5.91 Å². The SMILES string of the molecule is Cc1cc(N)ccc1C(=O)NCC1CCC(=O)N1. The Kier molecular flexibility index (Phi) is 3.50. The van der Waals surface area contributed by atoms with Gasteiger partial charge in [0, 0.05) is 30.3 Å². The number of carbonyl (C=O) groups is 2. The summed E-state index contributed by atoms with van der Waals surface area (Å²) in [5.74, 6) is -0.0773. The van der Waals surface area contributed by atoms with Crippen molar-refractivity contribution < 1.29 is 9.59 Å². The van der Waals surface area contributed by atoms with Gasteiger partial charge in [-0.2, -0.15) is 0 Å². The van der Waals surface area contributed by atoms with E-state index < -0.39 is 0 Å². The third-order valence-electron chi connectivity index (χ3n) is 3.09. The van der Waals surface area contributed by atoms with E-state index in [-0.39, 0.29) is 17.9 Å². The molecular formula is C13H17N3O2. The quantitative estimate of drug-likeness (QED) is 0.683. The van der Waals surface area contributed by atoms with Crippen LogP contribution in [-0.4, -0.2) is 24.4 Å². The highest BCUT2D eigenvalue weighted by Crippen LogP contribution is 2.12. The fourth-order valence-electron chi connectivity index (χ4n) is 2.08. The molecule has 0 bridgehead atoms. The summed E-state index contributed by atoms with van der Waals surface area (Å²) in [5.41, 5.74) is 7.75. The predicted molar refractivity (Wildman–Crippen MR) is 69.1 cm³/mol. The zero-order chi connectivity index (χ0) is 13.1. The molecule has 1 unspecified atom stereocenters. The highest BCUT2D eigenvalue weighted by molar-refractivity contribution is 5.96. The molecule has 1 aromatic carbocycles. The Labute approximate surface area is 106 Å². The number of carbonyl (C=O) groups excluding carboxylic acids is 2. The number of amides is 2. The van der Waals surface area contributed by atoms with E-state index in [2.05, 4.69) is 10.6 Å². The lowest BCUT2D eigenvalue weighted by molar-refractivity contribution is -0.119. The van der Waals surface area contributed by atoms with Gasteiger partial charge in [0.05, 0.1) is 0 Å². The molecule has 1 aliphatic rings. The summed E-state index contributed by atoms with van der Waals surface area (Å²) in [6.45, 7) is 2.32. The Balaban J connectivity index is 1.93. The third kappa shape index (κ3) is 2.80. The van der Waals surface area contributed by atoms with Gasteiger partial charge in [-0.15, -0.1) is 0 Å². The molecule has 1 saturated heterocycles. The van der Waals surface area contributed by atoms with E-state index in [1.807, 2.05) is 6.92 Å². The number of hydrogen-bond acceptors (Lipinski definition) is 3. The molecule has 96 valence electrons. The van der Waals surface area contributed by atoms with Crippen molar-refractivity contribution in [3.05, 3.63) is 29.3 Å². The van der Waals surface area contributed by atoms with Crippen LogP contribution in [0.2, 0.25) is 0 Å². The van der Waals surface area contributed by atoms with Crippen LogP contribution in [-0.2, 0) is 4.79 Å². The van der Waals surface area contributed by atoms with Gasteiger partial charge in [0.1, 0.15) is 0 Å². The second kappa shape index (κ2) is 5.08. The maximum absolute atomic E-state index is 12.0. The fourth-order valence-corrected chi connectivity index (χ4v) is 2.08. The molecule has 0 aliphatic carbocycles. The van der Waals surface area contributed by atoms with Crippen LogP contribution >= 0.6 is 0 Å². The first-order valence-corrected chi connectivity index (χ1v) is 6.00. The standard InChI is InChI=1S/C13H17N3O2/c1-8-6-9(14)2-4-11(8)13(18)15-7-10-3-5-12(17)16-10/h2,4,6,10H,3,5,7,14H2,1H3,(H,15,18)(H,16,17). The molecule has 2 amide bonds. The summed E-state index contributed by atoms with van der Waals surface area (Å²) >= 11 is 0. The highest BCUT2D eigenvalue weighted by atomic mass is 16.2. The summed E-state index contributed by atoms with van der Waals surface area (Å²) in [7, 11) is 0. The molecule has 1 atom stereocenters. The van der Waals surface area contributed by atoms with Crippen molar-refractivity contribution >= 4 is 17.5 Å². The number of nitrogens with two attached hydrogens (primary N) is 1. The lowest BCUT2D eigenvalue weighted by Crippen LogP contribution is -2.38. The topological polar surface area (TPSA) is 84.2 Å². The third-order valence-corrected chi connectivity index (χ3v) is 3.09. The second-order valence-corrected chi connectivity index (χ2v) is 4.59. The van der Waals surface area contributed by atoms with Crippen LogP contribution in [0.1, 0.15) is 28.8 Å². The smallest absolute Gasteiger partial charge is 0.251 e. The molecule has 0 radical (unpaired) electrons. The van der Waals surface area contributed by atoms with Crippen LogP contribution in [0, 0.1) is 6.92 Å². The molecule has 1 aliphatic heterocycles. The molecule has 2 rings (SSSR count). The monoisotopic (exact) mass is 247 g/mol. The zero-order valence-electron chi connectivity index (χ0n) is 10.3. The number of aryl methyl sites for hydroxylation is 1. The van der Waals surface area contributed by atoms with Crippen molar-refractivity contribution in [2.75, 3.05) is 12.3 Å². The maximum Gasteiger partial charge on any atom is 0.251 e. The van der Waals surface area contributed by atoms with E-state index in [0.717, 1.165) is 12.0 Å². The minimum absolute atomic E-state index is 0.0514. The predicted octanol–water partition coefficient (Wildman–Crippen LogP) is 0.586. The minimum Gasteiger partial charge on any atom is -0.399 e. The van der Waals surface area contributed by atoms with Gasteiger partial charge in [-0.3, -0.25) is 9.59 Å². The molecule has 1 aromatic rings. The van der Waals surface area contributed by atoms with E-state index in [4.69, 9.17) is 5.73 Å². The van der Waals surface area contributed by atoms with Gasteiger partial charge in [-0.05, 0) is 37.1 Å². The molecule has 0 aromatic heterocycles. The minimum atomic E-state index is -0.131. The number of nitrogen functional groups attached to an aromatic ring is 1. The summed E-state index contributed by atoms with van der Waals surface area (Å²) in [4.78, 5) is 23.0. The van der Waals surface area contributed by atoms with Crippen molar-refractivity contribution in [3.8, 4) is 0 Å². The van der Waals surface area contributed by atoms with Gasteiger partial charge >= 0.3 is 0 Å². The number of rotatable bonds is 3. The summed E-state index contributed by atoms with van der Waals surface area (Å²) in [6.07, 6.45) is 1.32. The first kappa shape index (κ1) is 12.4. The first-order valence-electron chi connectivity index (χ1n) is 6.00. The van der Waals surface area contributed by atoms with Crippen LogP contribution in [0.4, 0.5) is 5.69 Å². The van der Waals surface area contributed by atoms with Gasteiger partial charge in [-0.25, -0.2) is 0 Å². The van der Waals surface area contributed by atoms with Crippen molar-refractivity contribution in [1.29, 1.82) is 0 Å². The first-order chi connectivity index (χ1) is 8.56. The number of hydrogen-bond donors (Lipinski definition) is 3. The van der Waals surface area contributed by atoms with E-state index in [9.17, 15) is 9.59 Å². The fraction of sp³-hybridized carbons (Fsp3) is 0.385. The molecule has 0 spiro atoms. The number of benzene rings is 1. The van der Waals surface area contributed by atoms with Crippen LogP contribution in [0.3, 0.4) is 0 Å². The van der Waals surface area contributed by atoms with E-state index in [1.54, 1.807) is 18.2 Å². The average molecular weight is 247 g/mol. The van der Waals surface area contributed by atoms with E-state index >= 15 is 0 Å². The number of nitrogens with one attached hydrogen (secondary N) is 2. The second-order valence-electron chi connectivity index (χ2n) is 4.59. The molecule has 5 nitrogen and oxygen atoms in total. The molecule has 4 N–H and O–H groups in total. The molecule has 18 heavy (non-hydrogen) atoms. The Morgan fingerprint density at radius 2 is 2.33 bits per heavy atom. The van der Waals surface area contributed by atoms with Gasteiger partial charge in [0.15, 0.2) is 0 Å². The Morgan fingerprint density at radius 1 is 1.56 bits per heavy atom. The Bertz CT molecular complexity index is 485. The Hall–Kier alpha value is -2.04. The summed E-state index contributed by atoms with van der Waals surface area (Å²) in [6, 6.07) is 5.24. The van der Waals surface area contributed by atoms with Crippen molar-refractivity contribution in [2.24, 2.45) is 0 Å². The summed E-state index contributed by atoms with van der Waals surface area (Å²) < 4.78 is 0. The van der Waals surface area contributed by atoms with Gasteiger partial charge in [-0.1, -0.05) is 0 Å². The van der Waals surface area contributed by atoms with Gasteiger partial charge < -0.3 is 16.4 Å². The van der Waals surface area contributed by atoms with E-state index in [0.29, 0.717) is 24.2 Å². The van der Waals surface area contributed by atoms with Gasteiger partial charge in [0.25, 0.3) is 5.91 Å². The van der Waals surface area contributed by atoms with E-state index in [1.165, 1.54) is 0 Å².